The van der Waals surface area contributed by atoms with Crippen LogP contribution >= 0.6 is 0 Å². The zero-order valence-electron chi connectivity index (χ0n) is 12.8. The standard InChI is InChI=1S/C18H15F2N3/c1-10(2)17-6-11-5-16-12(9-21-22-16)7-18(11)23(17)13-3-4-14(19)15(20)8-13/h3-10H,1-2H3,(H,21,22). The SMILES string of the molecule is CC(C)c1cc2cc3[nH]ncc3cc2n1-c1ccc(F)c(F)c1. The second-order valence-electron chi connectivity index (χ2n) is 6.03. The van der Waals surface area contributed by atoms with Crippen LogP contribution in [-0.2, 0) is 0 Å². The molecule has 0 atom stereocenters. The maximum absolute atomic E-state index is 13.7. The number of hydrogen-bond donors (Lipinski definition) is 1. The molecule has 0 radical (unpaired) electrons. The van der Waals surface area contributed by atoms with Crippen LogP contribution in [0.15, 0.2) is 42.6 Å². The zero-order chi connectivity index (χ0) is 16.1. The molecular formula is C18H15F2N3. The first-order chi connectivity index (χ1) is 11.0. The molecule has 3 nitrogen and oxygen atoms in total. The van der Waals surface area contributed by atoms with Gasteiger partial charge in [0.15, 0.2) is 11.6 Å². The summed E-state index contributed by atoms with van der Waals surface area (Å²) in [5.41, 5.74) is 3.57. The molecule has 0 spiro atoms. The number of H-pyrrole nitrogens is 1. The van der Waals surface area contributed by atoms with Crippen molar-refractivity contribution >= 4 is 21.8 Å². The van der Waals surface area contributed by atoms with Crippen LogP contribution < -0.4 is 0 Å². The molecule has 0 fully saturated rings. The molecule has 0 aliphatic carbocycles. The highest BCUT2D eigenvalue weighted by Gasteiger charge is 2.16. The molecule has 0 unspecified atom stereocenters. The Morgan fingerprint density at radius 1 is 1.00 bits per heavy atom. The quantitative estimate of drug-likeness (QED) is 0.561. The third-order valence-electron chi connectivity index (χ3n) is 4.14. The van der Waals surface area contributed by atoms with Crippen molar-refractivity contribution in [2.24, 2.45) is 0 Å². The molecule has 0 saturated carbocycles. The first-order valence-corrected chi connectivity index (χ1v) is 7.48. The van der Waals surface area contributed by atoms with E-state index in [0.29, 0.717) is 5.69 Å². The number of halogens is 2. The molecule has 0 bridgehead atoms. The van der Waals surface area contributed by atoms with Crippen LogP contribution in [0, 0.1) is 11.6 Å². The predicted octanol–water partition coefficient (Wildman–Crippen LogP) is 4.91. The Balaban J connectivity index is 2.08. The second kappa shape index (κ2) is 4.91. The summed E-state index contributed by atoms with van der Waals surface area (Å²) in [6, 6.07) is 10.1. The monoisotopic (exact) mass is 311 g/mol. The molecule has 5 heteroatoms. The normalized spacial score (nSPS) is 11.9. The summed E-state index contributed by atoms with van der Waals surface area (Å²) in [7, 11) is 0. The van der Waals surface area contributed by atoms with E-state index in [2.05, 4.69) is 30.1 Å². The van der Waals surface area contributed by atoms with Gasteiger partial charge in [-0.3, -0.25) is 5.10 Å². The average Bonchev–Trinajstić information content (AvgIpc) is 3.11. The maximum Gasteiger partial charge on any atom is 0.160 e. The van der Waals surface area contributed by atoms with Crippen molar-refractivity contribution in [1.82, 2.24) is 14.8 Å². The number of aromatic nitrogens is 3. The Hall–Kier alpha value is -2.69. The Bertz CT molecular complexity index is 1030. The number of aromatic amines is 1. The lowest BCUT2D eigenvalue weighted by Gasteiger charge is -2.13. The van der Waals surface area contributed by atoms with Gasteiger partial charge in [-0.15, -0.1) is 0 Å². The minimum absolute atomic E-state index is 0.243. The van der Waals surface area contributed by atoms with E-state index in [-0.39, 0.29) is 5.92 Å². The Morgan fingerprint density at radius 3 is 2.57 bits per heavy atom. The van der Waals surface area contributed by atoms with E-state index < -0.39 is 11.6 Å². The van der Waals surface area contributed by atoms with Gasteiger partial charge < -0.3 is 4.57 Å². The summed E-state index contributed by atoms with van der Waals surface area (Å²) in [5, 5.41) is 9.02. The van der Waals surface area contributed by atoms with Crippen molar-refractivity contribution in [2.75, 3.05) is 0 Å². The summed E-state index contributed by atoms with van der Waals surface area (Å²) >= 11 is 0. The number of hydrogen-bond acceptors (Lipinski definition) is 1. The molecular weight excluding hydrogens is 296 g/mol. The van der Waals surface area contributed by atoms with E-state index in [4.69, 9.17) is 0 Å². The smallest absolute Gasteiger partial charge is 0.160 e. The molecule has 2 aromatic heterocycles. The summed E-state index contributed by atoms with van der Waals surface area (Å²) in [6.07, 6.45) is 1.76. The van der Waals surface area contributed by atoms with Gasteiger partial charge in [0, 0.05) is 28.2 Å². The highest BCUT2D eigenvalue weighted by molar-refractivity contribution is 5.96. The van der Waals surface area contributed by atoms with Crippen LogP contribution in [0.5, 0.6) is 0 Å². The fourth-order valence-electron chi connectivity index (χ4n) is 3.01. The Morgan fingerprint density at radius 2 is 1.83 bits per heavy atom. The molecule has 4 rings (SSSR count). The highest BCUT2D eigenvalue weighted by Crippen LogP contribution is 2.31. The predicted molar refractivity (Wildman–Crippen MR) is 86.9 cm³/mol. The van der Waals surface area contributed by atoms with Crippen LogP contribution in [-0.4, -0.2) is 14.8 Å². The fraction of sp³-hybridized carbons (Fsp3) is 0.167. The first kappa shape index (κ1) is 13.9. The van der Waals surface area contributed by atoms with Crippen molar-refractivity contribution in [2.45, 2.75) is 19.8 Å². The number of benzene rings is 2. The van der Waals surface area contributed by atoms with Crippen molar-refractivity contribution < 1.29 is 8.78 Å². The van der Waals surface area contributed by atoms with Gasteiger partial charge >= 0.3 is 0 Å². The van der Waals surface area contributed by atoms with Crippen molar-refractivity contribution in [1.29, 1.82) is 0 Å². The van der Waals surface area contributed by atoms with Gasteiger partial charge in [-0.05, 0) is 36.2 Å². The minimum Gasteiger partial charge on any atom is -0.313 e. The third-order valence-corrected chi connectivity index (χ3v) is 4.14. The Labute approximate surface area is 131 Å². The second-order valence-corrected chi connectivity index (χ2v) is 6.03. The van der Waals surface area contributed by atoms with Crippen LogP contribution in [0.1, 0.15) is 25.5 Å². The van der Waals surface area contributed by atoms with E-state index in [1.807, 2.05) is 16.7 Å². The van der Waals surface area contributed by atoms with Crippen LogP contribution in [0.4, 0.5) is 8.78 Å². The van der Waals surface area contributed by atoms with Crippen LogP contribution in [0.3, 0.4) is 0 Å². The van der Waals surface area contributed by atoms with E-state index in [0.717, 1.165) is 33.6 Å². The summed E-state index contributed by atoms with van der Waals surface area (Å²) in [5.74, 6) is -1.44. The maximum atomic E-state index is 13.7. The molecule has 0 amide bonds. The number of nitrogens with one attached hydrogen (secondary N) is 1. The van der Waals surface area contributed by atoms with Gasteiger partial charge in [0.25, 0.3) is 0 Å². The molecule has 0 aliphatic rings. The van der Waals surface area contributed by atoms with E-state index in [9.17, 15) is 8.78 Å². The first-order valence-electron chi connectivity index (χ1n) is 7.48. The molecule has 2 aromatic carbocycles. The number of nitrogens with zero attached hydrogens (tertiary/aromatic N) is 2. The minimum atomic E-state index is -0.844. The van der Waals surface area contributed by atoms with Crippen LogP contribution in [0.2, 0.25) is 0 Å². The Kier molecular flexibility index (Phi) is 2.98. The molecule has 0 aliphatic heterocycles. The van der Waals surface area contributed by atoms with Crippen molar-refractivity contribution in [3.05, 3.63) is 59.9 Å². The van der Waals surface area contributed by atoms with Gasteiger partial charge in [-0.2, -0.15) is 5.10 Å². The molecule has 4 aromatic rings. The summed E-state index contributed by atoms with van der Waals surface area (Å²) in [6.45, 7) is 4.16. The van der Waals surface area contributed by atoms with Gasteiger partial charge in [0.1, 0.15) is 0 Å². The van der Waals surface area contributed by atoms with Gasteiger partial charge in [0.2, 0.25) is 0 Å². The number of rotatable bonds is 2. The van der Waals surface area contributed by atoms with Gasteiger partial charge in [0.05, 0.1) is 17.2 Å². The molecule has 116 valence electrons. The van der Waals surface area contributed by atoms with Crippen LogP contribution in [0.25, 0.3) is 27.5 Å². The highest BCUT2D eigenvalue weighted by atomic mass is 19.2. The van der Waals surface area contributed by atoms with Crippen molar-refractivity contribution in [3.8, 4) is 5.69 Å². The lowest BCUT2D eigenvalue weighted by atomic mass is 10.1. The van der Waals surface area contributed by atoms with E-state index in [1.54, 1.807) is 12.3 Å². The van der Waals surface area contributed by atoms with Gasteiger partial charge in [-0.25, -0.2) is 8.78 Å². The van der Waals surface area contributed by atoms with E-state index in [1.165, 1.54) is 6.07 Å². The summed E-state index contributed by atoms with van der Waals surface area (Å²) < 4.78 is 29.0. The fourth-order valence-corrected chi connectivity index (χ4v) is 3.01. The lowest BCUT2D eigenvalue weighted by molar-refractivity contribution is 0.508. The van der Waals surface area contributed by atoms with Crippen molar-refractivity contribution in [3.63, 3.8) is 0 Å². The lowest BCUT2D eigenvalue weighted by Crippen LogP contribution is -2.02. The zero-order valence-corrected chi connectivity index (χ0v) is 12.8. The third kappa shape index (κ3) is 2.11. The van der Waals surface area contributed by atoms with Gasteiger partial charge in [-0.1, -0.05) is 13.8 Å². The molecule has 1 N–H and O–H groups in total. The van der Waals surface area contributed by atoms with E-state index >= 15 is 0 Å². The average molecular weight is 311 g/mol. The number of fused-ring (bicyclic) bond motifs is 2. The molecule has 2 heterocycles. The summed E-state index contributed by atoms with van der Waals surface area (Å²) in [4.78, 5) is 0. The molecule has 0 saturated heterocycles. The molecule has 23 heavy (non-hydrogen) atoms. The topological polar surface area (TPSA) is 33.6 Å². The largest absolute Gasteiger partial charge is 0.313 e.